The van der Waals surface area contributed by atoms with Gasteiger partial charge in [-0.05, 0) is 0 Å². The molecule has 0 nitrogen and oxygen atoms in total. The Morgan fingerprint density at radius 2 is 1.88 bits per heavy atom. The Labute approximate surface area is 102 Å². The molecular weight excluding hydrogens is 211 g/mol. The summed E-state index contributed by atoms with van der Waals surface area (Å²) < 4.78 is 0. The van der Waals surface area contributed by atoms with Crippen LogP contribution in [0.3, 0.4) is 0 Å². The molecule has 0 bridgehead atoms. The average Bonchev–Trinajstić information content (AvgIpc) is 2.70. The van der Waals surface area contributed by atoms with Crippen molar-refractivity contribution in [1.82, 2.24) is 0 Å². The van der Waals surface area contributed by atoms with Gasteiger partial charge in [0.25, 0.3) is 0 Å². The third-order valence-corrected chi connectivity index (χ3v) is 15.2. The minimum atomic E-state index is -1.81. The van der Waals surface area contributed by atoms with Gasteiger partial charge in [-0.2, -0.15) is 0 Å². The second-order valence-corrected chi connectivity index (χ2v) is 14.1. The van der Waals surface area contributed by atoms with E-state index in [-0.39, 0.29) is 0 Å². The van der Waals surface area contributed by atoms with Crippen LogP contribution < -0.4 is 0 Å². The maximum atomic E-state index is 2.60. The van der Waals surface area contributed by atoms with Gasteiger partial charge in [0.2, 0.25) is 0 Å². The van der Waals surface area contributed by atoms with Gasteiger partial charge in [-0.3, -0.25) is 0 Å². The van der Waals surface area contributed by atoms with Crippen molar-refractivity contribution in [3.8, 4) is 0 Å². The zero-order chi connectivity index (χ0) is 12.6. The molecule has 0 N–H and O–H groups in total. The summed E-state index contributed by atoms with van der Waals surface area (Å²) in [6.07, 6.45) is 9.42. The second-order valence-electron chi connectivity index (χ2n) is 6.78. The van der Waals surface area contributed by atoms with Gasteiger partial charge < -0.3 is 0 Å². The molecule has 0 aliphatic heterocycles. The SMILES string of the molecule is CCC(C)(C)P(C)(C)(C1=CC=CC1)C(C)C. The normalized spacial score (nSPS) is 19.8. The molecule has 0 unspecified atom stereocenters. The molecule has 0 aromatic carbocycles. The van der Waals surface area contributed by atoms with Gasteiger partial charge in [0.15, 0.2) is 0 Å². The molecule has 0 saturated carbocycles. The molecule has 0 heterocycles. The van der Waals surface area contributed by atoms with Crippen LogP contribution in [0.5, 0.6) is 0 Å². The van der Waals surface area contributed by atoms with E-state index in [1.54, 1.807) is 5.31 Å². The third kappa shape index (κ3) is 1.61. The quantitative estimate of drug-likeness (QED) is 0.589. The van der Waals surface area contributed by atoms with E-state index < -0.39 is 6.60 Å². The molecule has 1 aliphatic rings. The van der Waals surface area contributed by atoms with E-state index in [1.807, 2.05) is 0 Å². The molecule has 1 heteroatoms. The Bertz CT molecular complexity index is 329. The van der Waals surface area contributed by atoms with E-state index in [1.165, 1.54) is 12.8 Å². The van der Waals surface area contributed by atoms with Crippen LogP contribution in [-0.2, 0) is 0 Å². The standard InChI is InChI=1S/C15H29P/c1-8-15(4,5)16(6,7,13(2)3)14-11-9-10-12-14/h9-11,13H,8,12H2,1-7H3. The predicted molar refractivity (Wildman–Crippen MR) is 80.1 cm³/mol. The molecule has 0 amide bonds. The summed E-state index contributed by atoms with van der Waals surface area (Å²) in [5, 5.41) is 2.17. The van der Waals surface area contributed by atoms with Crippen LogP contribution in [0, 0.1) is 0 Å². The number of hydrogen-bond acceptors (Lipinski definition) is 0. The van der Waals surface area contributed by atoms with Crippen LogP contribution in [0.25, 0.3) is 0 Å². The Hall–Kier alpha value is -0.0900. The molecule has 1 aliphatic carbocycles. The van der Waals surface area contributed by atoms with Gasteiger partial charge in [0.05, 0.1) is 0 Å². The van der Waals surface area contributed by atoms with Gasteiger partial charge in [-0.25, -0.2) is 0 Å². The van der Waals surface area contributed by atoms with Crippen LogP contribution >= 0.6 is 6.60 Å². The molecule has 0 fully saturated rings. The summed E-state index contributed by atoms with van der Waals surface area (Å²) in [4.78, 5) is 0. The summed E-state index contributed by atoms with van der Waals surface area (Å²) >= 11 is 0. The van der Waals surface area contributed by atoms with E-state index in [4.69, 9.17) is 0 Å². The van der Waals surface area contributed by atoms with Crippen LogP contribution in [0.4, 0.5) is 0 Å². The van der Waals surface area contributed by atoms with E-state index >= 15 is 0 Å². The first-order valence-corrected chi connectivity index (χ1v) is 9.73. The van der Waals surface area contributed by atoms with E-state index in [0.29, 0.717) is 5.16 Å². The fraction of sp³-hybridized carbons (Fsp3) is 0.733. The van der Waals surface area contributed by atoms with Crippen LogP contribution in [0.1, 0.15) is 47.5 Å². The number of allylic oxidation sites excluding steroid dienone is 4. The van der Waals surface area contributed by atoms with Gasteiger partial charge >= 0.3 is 102 Å². The van der Waals surface area contributed by atoms with E-state index in [0.717, 1.165) is 5.66 Å². The summed E-state index contributed by atoms with van der Waals surface area (Å²) in [5.41, 5.74) is 0.770. The maximum absolute atomic E-state index is 2.60. The Balaban J connectivity index is 3.35. The fourth-order valence-corrected chi connectivity index (χ4v) is 7.88. The van der Waals surface area contributed by atoms with Crippen molar-refractivity contribution < 1.29 is 0 Å². The van der Waals surface area contributed by atoms with Crippen LogP contribution in [-0.4, -0.2) is 24.1 Å². The van der Waals surface area contributed by atoms with E-state index in [2.05, 4.69) is 66.2 Å². The first-order chi connectivity index (χ1) is 7.17. The van der Waals surface area contributed by atoms with Crippen molar-refractivity contribution in [3.63, 3.8) is 0 Å². The van der Waals surface area contributed by atoms with Crippen molar-refractivity contribution in [2.75, 3.05) is 13.3 Å². The van der Waals surface area contributed by atoms with Gasteiger partial charge in [0, 0.05) is 0 Å². The molecule has 0 aromatic rings. The molecule has 0 aromatic heterocycles. The molecule has 0 spiro atoms. The van der Waals surface area contributed by atoms with Crippen LogP contribution in [0.15, 0.2) is 23.5 Å². The molecule has 1 rings (SSSR count). The van der Waals surface area contributed by atoms with Crippen molar-refractivity contribution in [3.05, 3.63) is 23.5 Å². The monoisotopic (exact) mass is 240 g/mol. The molecular formula is C15H29P. The topological polar surface area (TPSA) is 0 Å². The Morgan fingerprint density at radius 1 is 1.31 bits per heavy atom. The molecule has 0 saturated heterocycles. The first kappa shape index (κ1) is 14.0. The molecule has 16 heavy (non-hydrogen) atoms. The summed E-state index contributed by atoms with van der Waals surface area (Å²) in [6, 6.07) is 0. The van der Waals surface area contributed by atoms with E-state index in [9.17, 15) is 0 Å². The predicted octanol–water partition coefficient (Wildman–Crippen LogP) is 5.24. The molecule has 94 valence electrons. The Morgan fingerprint density at radius 3 is 2.19 bits per heavy atom. The summed E-state index contributed by atoms with van der Waals surface area (Å²) in [7, 11) is 0. The first-order valence-electron chi connectivity index (χ1n) is 6.53. The number of rotatable bonds is 4. The van der Waals surface area contributed by atoms with Gasteiger partial charge in [-0.1, -0.05) is 0 Å². The van der Waals surface area contributed by atoms with Gasteiger partial charge in [-0.15, -0.1) is 0 Å². The minimum absolute atomic E-state index is 0.442. The van der Waals surface area contributed by atoms with Crippen molar-refractivity contribution in [2.45, 2.75) is 58.3 Å². The third-order valence-electron chi connectivity index (χ3n) is 5.91. The van der Waals surface area contributed by atoms with Crippen molar-refractivity contribution in [2.24, 2.45) is 0 Å². The van der Waals surface area contributed by atoms with Crippen molar-refractivity contribution >= 4 is 6.60 Å². The Kier molecular flexibility index (Phi) is 3.48. The van der Waals surface area contributed by atoms with Gasteiger partial charge in [0.1, 0.15) is 0 Å². The number of hydrogen-bond donors (Lipinski definition) is 0. The van der Waals surface area contributed by atoms with Crippen molar-refractivity contribution in [1.29, 1.82) is 0 Å². The molecule has 0 radical (unpaired) electrons. The average molecular weight is 240 g/mol. The second kappa shape index (κ2) is 3.98. The van der Waals surface area contributed by atoms with Crippen LogP contribution in [0.2, 0.25) is 0 Å². The summed E-state index contributed by atoms with van der Waals surface area (Å²) in [5.74, 6) is 0. The fourth-order valence-electron chi connectivity index (χ4n) is 2.85. The summed E-state index contributed by atoms with van der Waals surface area (Å²) in [6.45, 7) is 15.5. The zero-order valence-electron chi connectivity index (χ0n) is 12.2. The molecule has 0 atom stereocenters. The zero-order valence-corrected chi connectivity index (χ0v) is 13.1.